The monoisotopic (exact) mass is 266 g/mol. The van der Waals surface area contributed by atoms with E-state index < -0.39 is 0 Å². The molecular weight excluding hydrogens is 255 g/mol. The summed E-state index contributed by atoms with van der Waals surface area (Å²) in [5.41, 5.74) is 0.943. The molecule has 0 aromatic heterocycles. The van der Waals surface area contributed by atoms with E-state index in [-0.39, 0.29) is 17.0 Å². The predicted octanol–water partition coefficient (Wildman–Crippen LogP) is 3.02. The molecule has 0 atom stereocenters. The lowest BCUT2D eigenvalue weighted by atomic mass is 10.2. The fourth-order valence-electron chi connectivity index (χ4n) is 0.986. The fraction of sp³-hybridized carbons (Fsp3) is 0.333. The molecule has 1 aromatic carbocycles. The number of hydrogen-bond acceptors (Lipinski definition) is 2. The van der Waals surface area contributed by atoms with Gasteiger partial charge in [0.2, 0.25) is 0 Å². The van der Waals surface area contributed by atoms with Crippen molar-refractivity contribution in [2.24, 2.45) is 0 Å². The average molecular weight is 268 g/mol. The number of ether oxygens (including phenoxy) is 2. The average Bonchev–Trinajstić information content (AvgIpc) is 2.16. The van der Waals surface area contributed by atoms with Crippen LogP contribution in [-0.2, 0) is 5.88 Å². The molecule has 0 aliphatic heterocycles. The van der Waals surface area contributed by atoms with Crippen molar-refractivity contribution in [1.29, 1.82) is 0 Å². The maximum atomic E-state index is 5.70. The molecular formula is C9H12BrClO2. The van der Waals surface area contributed by atoms with Crippen LogP contribution in [-0.4, -0.2) is 14.2 Å². The maximum absolute atomic E-state index is 5.70. The minimum atomic E-state index is 0. The molecule has 13 heavy (non-hydrogen) atoms. The molecule has 4 heteroatoms. The van der Waals surface area contributed by atoms with Gasteiger partial charge in [0.05, 0.1) is 20.1 Å². The first-order chi connectivity index (χ1) is 5.81. The second-order valence-corrected chi connectivity index (χ2v) is 2.58. The predicted molar refractivity (Wildman–Crippen MR) is 59.4 cm³/mol. The number of halogens is 2. The lowest BCUT2D eigenvalue weighted by Gasteiger charge is -2.07. The Labute approximate surface area is 93.6 Å². The third-order valence-electron chi connectivity index (χ3n) is 1.63. The van der Waals surface area contributed by atoms with Crippen molar-refractivity contribution >= 4 is 28.6 Å². The highest BCUT2D eigenvalue weighted by Gasteiger charge is 2.02. The second kappa shape index (κ2) is 6.11. The van der Waals surface area contributed by atoms with Gasteiger partial charge in [-0.25, -0.2) is 0 Å². The summed E-state index contributed by atoms with van der Waals surface area (Å²) >= 11 is 5.70. The molecule has 0 fully saturated rings. The highest BCUT2D eigenvalue weighted by atomic mass is 79.9. The van der Waals surface area contributed by atoms with Crippen LogP contribution in [0.3, 0.4) is 0 Å². The highest BCUT2D eigenvalue weighted by Crippen LogP contribution is 2.24. The van der Waals surface area contributed by atoms with Crippen LogP contribution >= 0.6 is 28.6 Å². The van der Waals surface area contributed by atoms with Crippen LogP contribution in [0.2, 0.25) is 0 Å². The lowest BCUT2D eigenvalue weighted by molar-refractivity contribution is 0.400. The molecule has 0 heterocycles. The summed E-state index contributed by atoms with van der Waals surface area (Å²) in [5, 5.41) is 0. The Balaban J connectivity index is 0.00000144. The molecule has 0 bridgehead atoms. The summed E-state index contributed by atoms with van der Waals surface area (Å²) in [5.74, 6) is 2.03. The standard InChI is InChI=1S/C9H11ClO2.BrH/c1-11-8-3-4-9(12-2)7(5-8)6-10;/h3-5H,6H2,1-2H3;1H. The van der Waals surface area contributed by atoms with Gasteiger partial charge in [0.15, 0.2) is 0 Å². The topological polar surface area (TPSA) is 18.5 Å². The largest absolute Gasteiger partial charge is 0.497 e. The molecule has 0 N–H and O–H groups in total. The van der Waals surface area contributed by atoms with Crippen LogP contribution in [0.1, 0.15) is 5.56 Å². The van der Waals surface area contributed by atoms with Crippen molar-refractivity contribution < 1.29 is 9.47 Å². The minimum Gasteiger partial charge on any atom is -0.497 e. The summed E-state index contributed by atoms with van der Waals surface area (Å²) in [7, 11) is 3.25. The SMILES string of the molecule is Br.COc1ccc(OC)c(CCl)c1. The normalized spacial score (nSPS) is 8.85. The van der Waals surface area contributed by atoms with Gasteiger partial charge in [-0.2, -0.15) is 0 Å². The number of rotatable bonds is 3. The van der Waals surface area contributed by atoms with Gasteiger partial charge in [-0.3, -0.25) is 0 Å². The molecule has 1 rings (SSSR count). The Bertz CT molecular complexity index is 266. The zero-order valence-corrected chi connectivity index (χ0v) is 10.0. The van der Waals surface area contributed by atoms with Crippen LogP contribution in [0.25, 0.3) is 0 Å². The van der Waals surface area contributed by atoms with E-state index in [9.17, 15) is 0 Å². The third-order valence-corrected chi connectivity index (χ3v) is 1.92. The Hall–Kier alpha value is -0.410. The number of methoxy groups -OCH3 is 2. The first-order valence-corrected chi connectivity index (χ1v) is 4.12. The van der Waals surface area contributed by atoms with Gasteiger partial charge in [0.25, 0.3) is 0 Å². The van der Waals surface area contributed by atoms with Crippen molar-refractivity contribution in [2.45, 2.75) is 5.88 Å². The molecule has 0 spiro atoms. The Morgan fingerprint density at radius 3 is 2.38 bits per heavy atom. The molecule has 2 nitrogen and oxygen atoms in total. The summed E-state index contributed by atoms with van der Waals surface area (Å²) in [6.45, 7) is 0. The van der Waals surface area contributed by atoms with Gasteiger partial charge >= 0.3 is 0 Å². The van der Waals surface area contributed by atoms with E-state index in [0.29, 0.717) is 5.88 Å². The van der Waals surface area contributed by atoms with Crippen molar-refractivity contribution in [1.82, 2.24) is 0 Å². The molecule has 0 amide bonds. The van der Waals surface area contributed by atoms with Crippen LogP contribution in [0.5, 0.6) is 11.5 Å². The van der Waals surface area contributed by atoms with Gasteiger partial charge < -0.3 is 9.47 Å². The van der Waals surface area contributed by atoms with Crippen molar-refractivity contribution in [3.63, 3.8) is 0 Å². The molecule has 0 aliphatic rings. The fourth-order valence-corrected chi connectivity index (χ4v) is 1.20. The Kier molecular flexibility index (Phi) is 5.91. The smallest absolute Gasteiger partial charge is 0.123 e. The summed E-state index contributed by atoms with van der Waals surface area (Å²) in [6, 6.07) is 5.55. The van der Waals surface area contributed by atoms with Crippen LogP contribution in [0.4, 0.5) is 0 Å². The Morgan fingerprint density at radius 2 is 1.92 bits per heavy atom. The first kappa shape index (κ1) is 12.6. The zero-order valence-electron chi connectivity index (χ0n) is 7.54. The summed E-state index contributed by atoms with van der Waals surface area (Å²) in [4.78, 5) is 0. The van der Waals surface area contributed by atoms with Gasteiger partial charge in [-0.05, 0) is 18.2 Å². The van der Waals surface area contributed by atoms with Gasteiger partial charge in [-0.15, -0.1) is 28.6 Å². The summed E-state index contributed by atoms with van der Waals surface area (Å²) < 4.78 is 10.1. The molecule has 0 radical (unpaired) electrons. The van der Waals surface area contributed by atoms with E-state index in [1.165, 1.54) is 0 Å². The van der Waals surface area contributed by atoms with E-state index >= 15 is 0 Å². The number of hydrogen-bond donors (Lipinski definition) is 0. The molecule has 1 aromatic rings. The quantitative estimate of drug-likeness (QED) is 0.784. The first-order valence-electron chi connectivity index (χ1n) is 3.58. The van der Waals surface area contributed by atoms with Gasteiger partial charge in [0, 0.05) is 5.56 Å². The van der Waals surface area contributed by atoms with Crippen molar-refractivity contribution in [3.8, 4) is 11.5 Å². The molecule has 74 valence electrons. The lowest BCUT2D eigenvalue weighted by Crippen LogP contribution is -1.90. The highest BCUT2D eigenvalue weighted by molar-refractivity contribution is 8.93. The molecule has 0 saturated heterocycles. The second-order valence-electron chi connectivity index (χ2n) is 2.31. The van der Waals surface area contributed by atoms with E-state index in [1.807, 2.05) is 18.2 Å². The Morgan fingerprint density at radius 1 is 1.23 bits per heavy atom. The molecule has 0 unspecified atom stereocenters. The minimum absolute atomic E-state index is 0. The van der Waals surface area contributed by atoms with Crippen molar-refractivity contribution in [2.75, 3.05) is 14.2 Å². The van der Waals surface area contributed by atoms with Crippen molar-refractivity contribution in [3.05, 3.63) is 23.8 Å². The molecule has 0 saturated carbocycles. The van der Waals surface area contributed by atoms with E-state index in [0.717, 1.165) is 17.1 Å². The van der Waals surface area contributed by atoms with Crippen LogP contribution in [0, 0.1) is 0 Å². The van der Waals surface area contributed by atoms with E-state index in [1.54, 1.807) is 14.2 Å². The van der Waals surface area contributed by atoms with Gasteiger partial charge in [-0.1, -0.05) is 0 Å². The zero-order chi connectivity index (χ0) is 8.97. The third kappa shape index (κ3) is 3.08. The van der Waals surface area contributed by atoms with Crippen LogP contribution < -0.4 is 9.47 Å². The molecule has 0 aliphatic carbocycles. The van der Waals surface area contributed by atoms with E-state index in [2.05, 4.69) is 0 Å². The number of alkyl halides is 1. The maximum Gasteiger partial charge on any atom is 0.123 e. The number of benzene rings is 1. The van der Waals surface area contributed by atoms with Gasteiger partial charge in [0.1, 0.15) is 11.5 Å². The summed E-state index contributed by atoms with van der Waals surface area (Å²) in [6.07, 6.45) is 0. The van der Waals surface area contributed by atoms with Crippen LogP contribution in [0.15, 0.2) is 18.2 Å². The van der Waals surface area contributed by atoms with E-state index in [4.69, 9.17) is 21.1 Å².